The lowest BCUT2D eigenvalue weighted by molar-refractivity contribution is -0.163. The highest BCUT2D eigenvalue weighted by molar-refractivity contribution is 8.14. The van der Waals surface area contributed by atoms with Crippen LogP contribution in [0.1, 0.15) is 48.5 Å². The third-order valence-electron chi connectivity index (χ3n) is 5.13. The minimum atomic E-state index is -2.22. The summed E-state index contributed by atoms with van der Waals surface area (Å²) in [5.41, 5.74) is -3.84. The zero-order chi connectivity index (χ0) is 29.7. The lowest BCUT2D eigenvalue weighted by Crippen LogP contribution is -2.66. The van der Waals surface area contributed by atoms with Crippen LogP contribution in [0.5, 0.6) is 0 Å². The summed E-state index contributed by atoms with van der Waals surface area (Å²) >= 11 is 1.09. The van der Waals surface area contributed by atoms with E-state index in [1.807, 2.05) is 30.3 Å². The topological polar surface area (TPSA) is 119 Å². The molecule has 0 saturated heterocycles. The van der Waals surface area contributed by atoms with Gasteiger partial charge < -0.3 is 14.3 Å². The molecule has 0 fully saturated rings. The van der Waals surface area contributed by atoms with Crippen LogP contribution < -0.4 is 5.01 Å². The van der Waals surface area contributed by atoms with E-state index in [0.717, 1.165) is 16.8 Å². The first-order chi connectivity index (χ1) is 18.7. The van der Waals surface area contributed by atoms with E-state index in [0.29, 0.717) is 15.6 Å². The van der Waals surface area contributed by atoms with Gasteiger partial charge in [0.1, 0.15) is 23.4 Å². The number of oxime groups is 1. The Morgan fingerprint density at radius 3 is 2.00 bits per heavy atom. The number of hydrogen-bond acceptors (Lipinski definition) is 10. The van der Waals surface area contributed by atoms with Crippen LogP contribution in [0.2, 0.25) is 0 Å². The summed E-state index contributed by atoms with van der Waals surface area (Å²) in [7, 11) is 1.29. The number of hydroxylamine groups is 2. The maximum atomic E-state index is 14.5. The van der Waals surface area contributed by atoms with Gasteiger partial charge in [-0.3, -0.25) is 9.63 Å². The summed E-state index contributed by atoms with van der Waals surface area (Å²) in [4.78, 5) is 52.6. The third-order valence-corrected chi connectivity index (χ3v) is 6.21. The van der Waals surface area contributed by atoms with Crippen molar-refractivity contribution >= 4 is 46.4 Å². The number of benzene rings is 2. The molecule has 1 atom stereocenters. The van der Waals surface area contributed by atoms with E-state index in [4.69, 9.17) is 19.1 Å². The number of para-hydroxylation sites is 1. The minimum Gasteiger partial charge on any atom is -0.442 e. The molecule has 11 nitrogen and oxygen atoms in total. The van der Waals surface area contributed by atoms with Crippen LogP contribution in [0.3, 0.4) is 0 Å². The van der Waals surface area contributed by atoms with E-state index < -0.39 is 34.9 Å². The van der Waals surface area contributed by atoms with Gasteiger partial charge in [-0.1, -0.05) is 53.3 Å². The molecule has 0 aromatic heterocycles. The van der Waals surface area contributed by atoms with Gasteiger partial charge in [0.15, 0.2) is 0 Å². The van der Waals surface area contributed by atoms with Gasteiger partial charge in [-0.05, 0) is 72.7 Å². The Hall–Kier alpha value is -4.06. The number of nitrogens with zero attached hydrogens (tertiary/aromatic N) is 4. The number of hydrogen-bond donors (Lipinski definition) is 0. The second-order valence-corrected chi connectivity index (χ2v) is 11.7. The molecule has 0 saturated carbocycles. The summed E-state index contributed by atoms with van der Waals surface area (Å²) in [6.07, 6.45) is -2.38. The van der Waals surface area contributed by atoms with Crippen LogP contribution >= 0.6 is 11.8 Å². The first kappa shape index (κ1) is 30.5. The van der Waals surface area contributed by atoms with Gasteiger partial charge in [0.05, 0.1) is 11.4 Å². The lowest BCUT2D eigenvalue weighted by Gasteiger charge is -2.37. The average molecular weight is 571 g/mol. The number of rotatable bonds is 5. The summed E-state index contributed by atoms with van der Waals surface area (Å²) < 4.78 is 10.9. The number of ether oxygens (including phenoxy) is 2. The number of carbonyl (C=O) groups excluding carboxylic acids is 3. The Morgan fingerprint density at radius 2 is 1.48 bits per heavy atom. The standard InChI is InChI=1S/C28H34N4O7S/c1-19(30-36-8)28(32(24(34)37-26(2,3)4)39-25(35)38-27(5,6)7)22(40-21-17-13-10-14-18-21)29-31(23(28)33)20-15-11-9-12-16-20/h9-18H,1-8H3. The first-order valence-electron chi connectivity index (χ1n) is 12.4. The highest BCUT2D eigenvalue weighted by Gasteiger charge is 2.64. The minimum absolute atomic E-state index is 0.0463. The second-order valence-electron chi connectivity index (χ2n) is 10.7. The van der Waals surface area contributed by atoms with Crippen molar-refractivity contribution in [2.24, 2.45) is 10.3 Å². The van der Waals surface area contributed by atoms with Crippen molar-refractivity contribution in [2.45, 2.75) is 70.1 Å². The van der Waals surface area contributed by atoms with Crippen molar-refractivity contribution in [2.75, 3.05) is 12.1 Å². The van der Waals surface area contributed by atoms with Gasteiger partial charge in [-0.15, -0.1) is 5.06 Å². The third kappa shape index (κ3) is 6.92. The molecule has 2 aromatic carbocycles. The number of carbonyl (C=O) groups is 3. The normalized spacial score (nSPS) is 17.7. The SMILES string of the molecule is CON=C(C)C1(N(OC(=O)OC(C)(C)C)C(=O)OC(C)(C)C)C(=O)N(c2ccccc2)N=C1Sc1ccccc1. The quantitative estimate of drug-likeness (QED) is 0.244. The van der Waals surface area contributed by atoms with E-state index >= 15 is 0 Å². The van der Waals surface area contributed by atoms with Gasteiger partial charge >= 0.3 is 12.2 Å². The molecule has 2 amide bonds. The molecule has 12 heteroatoms. The molecule has 0 N–H and O–H groups in total. The fraction of sp³-hybridized carbons (Fsp3) is 0.393. The Morgan fingerprint density at radius 1 is 0.925 bits per heavy atom. The monoisotopic (exact) mass is 570 g/mol. The summed E-state index contributed by atoms with van der Waals surface area (Å²) in [6.45, 7) is 11.3. The number of hydrazone groups is 1. The number of anilines is 1. The van der Waals surface area contributed by atoms with Crippen molar-refractivity contribution in [3.63, 3.8) is 0 Å². The zero-order valence-corrected chi connectivity index (χ0v) is 24.6. The van der Waals surface area contributed by atoms with E-state index in [-0.39, 0.29) is 10.8 Å². The van der Waals surface area contributed by atoms with Crippen molar-refractivity contribution in [1.82, 2.24) is 5.06 Å². The van der Waals surface area contributed by atoms with Crippen molar-refractivity contribution < 1.29 is 33.5 Å². The Kier molecular flexibility index (Phi) is 9.14. The van der Waals surface area contributed by atoms with Gasteiger partial charge in [-0.2, -0.15) is 10.1 Å². The summed E-state index contributed by atoms with van der Waals surface area (Å²) in [5, 5.41) is 10.4. The molecule has 1 unspecified atom stereocenters. The molecular formula is C28H34N4O7S. The molecule has 40 heavy (non-hydrogen) atoms. The van der Waals surface area contributed by atoms with Gasteiger partial charge in [0, 0.05) is 4.90 Å². The van der Waals surface area contributed by atoms with E-state index in [2.05, 4.69) is 10.3 Å². The van der Waals surface area contributed by atoms with Crippen molar-refractivity contribution in [3.05, 3.63) is 60.7 Å². The fourth-order valence-electron chi connectivity index (χ4n) is 3.61. The zero-order valence-electron chi connectivity index (χ0n) is 23.8. The molecule has 1 heterocycles. The fourth-order valence-corrected chi connectivity index (χ4v) is 4.72. The molecule has 3 rings (SSSR count). The van der Waals surface area contributed by atoms with E-state index in [9.17, 15) is 14.4 Å². The number of thioether (sulfide) groups is 1. The molecule has 0 aliphatic carbocycles. The summed E-state index contributed by atoms with van der Waals surface area (Å²) in [6, 6.07) is 17.7. The Balaban J connectivity index is 2.30. The molecule has 0 spiro atoms. The van der Waals surface area contributed by atoms with Gasteiger partial charge in [0.25, 0.3) is 11.4 Å². The van der Waals surface area contributed by atoms with E-state index in [1.54, 1.807) is 71.9 Å². The molecule has 214 valence electrons. The summed E-state index contributed by atoms with van der Waals surface area (Å²) in [5.74, 6) is -0.759. The Labute approximate surface area is 238 Å². The molecular weight excluding hydrogens is 536 g/mol. The van der Waals surface area contributed by atoms with Gasteiger partial charge in [0.2, 0.25) is 0 Å². The molecule has 2 aromatic rings. The molecule has 1 aliphatic rings. The lowest BCUT2D eigenvalue weighted by atomic mass is 9.94. The molecule has 0 radical (unpaired) electrons. The second kappa shape index (κ2) is 12.0. The Bertz CT molecular complexity index is 1290. The first-order valence-corrected chi connectivity index (χ1v) is 13.2. The average Bonchev–Trinajstić information content (AvgIpc) is 3.14. The van der Waals surface area contributed by atoms with E-state index in [1.165, 1.54) is 14.0 Å². The molecule has 0 bridgehead atoms. The van der Waals surface area contributed by atoms with Crippen LogP contribution in [0.4, 0.5) is 15.3 Å². The maximum absolute atomic E-state index is 14.5. The molecule has 1 aliphatic heterocycles. The van der Waals surface area contributed by atoms with Crippen LogP contribution in [0.25, 0.3) is 0 Å². The van der Waals surface area contributed by atoms with Gasteiger partial charge in [-0.25, -0.2) is 9.59 Å². The van der Waals surface area contributed by atoms with Crippen molar-refractivity contribution in [3.8, 4) is 0 Å². The predicted octanol–water partition coefficient (Wildman–Crippen LogP) is 6.00. The van der Waals surface area contributed by atoms with Crippen LogP contribution in [-0.2, 0) is 23.9 Å². The highest BCUT2D eigenvalue weighted by atomic mass is 32.2. The predicted molar refractivity (Wildman–Crippen MR) is 152 cm³/mol. The maximum Gasteiger partial charge on any atom is 0.534 e. The smallest absolute Gasteiger partial charge is 0.442 e. The van der Waals surface area contributed by atoms with Crippen LogP contribution in [-0.4, -0.2) is 57.8 Å². The highest BCUT2D eigenvalue weighted by Crippen LogP contribution is 2.40. The van der Waals surface area contributed by atoms with Crippen LogP contribution in [0, 0.1) is 0 Å². The largest absolute Gasteiger partial charge is 0.534 e. The number of amides is 2. The van der Waals surface area contributed by atoms with Crippen molar-refractivity contribution in [1.29, 1.82) is 0 Å². The van der Waals surface area contributed by atoms with Crippen LogP contribution in [0.15, 0.2) is 75.8 Å².